The summed E-state index contributed by atoms with van der Waals surface area (Å²) in [6, 6.07) is 6.90. The number of nitrogens with zero attached hydrogens (tertiary/aromatic N) is 1. The van der Waals surface area contributed by atoms with Crippen molar-refractivity contribution >= 4 is 34.4 Å². The largest absolute Gasteiger partial charge is 0.395 e. The maximum absolute atomic E-state index is 13.3. The maximum atomic E-state index is 13.3. The van der Waals surface area contributed by atoms with Crippen molar-refractivity contribution in [2.24, 2.45) is 5.92 Å². The summed E-state index contributed by atoms with van der Waals surface area (Å²) in [4.78, 5) is 28.0. The summed E-state index contributed by atoms with van der Waals surface area (Å²) in [6.07, 6.45) is 7.20. The third kappa shape index (κ3) is 6.17. The van der Waals surface area contributed by atoms with Crippen molar-refractivity contribution in [2.45, 2.75) is 57.9 Å². The molecular weight excluding hydrogens is 455 g/mol. The van der Waals surface area contributed by atoms with E-state index in [9.17, 15) is 14.7 Å². The van der Waals surface area contributed by atoms with Gasteiger partial charge < -0.3 is 15.3 Å². The summed E-state index contributed by atoms with van der Waals surface area (Å²) in [5.74, 6) is -0.101. The Labute approximate surface area is 176 Å². The summed E-state index contributed by atoms with van der Waals surface area (Å²) < 4.78 is 0.858. The Hall–Kier alpha value is -1.15. The molecule has 1 saturated carbocycles. The molecule has 1 atom stereocenters. The lowest BCUT2D eigenvalue weighted by molar-refractivity contribution is -0.128. The highest BCUT2D eigenvalue weighted by atomic mass is 127. The lowest BCUT2D eigenvalue weighted by Crippen LogP contribution is -2.54. The minimum Gasteiger partial charge on any atom is -0.395 e. The molecule has 0 heterocycles. The quantitative estimate of drug-likeness (QED) is 0.414. The van der Waals surface area contributed by atoms with Crippen LogP contribution in [0.15, 0.2) is 24.3 Å². The molecule has 2 N–H and O–H groups in total. The van der Waals surface area contributed by atoms with Crippen LogP contribution >= 0.6 is 22.6 Å². The van der Waals surface area contributed by atoms with E-state index in [1.54, 1.807) is 11.0 Å². The van der Waals surface area contributed by atoms with E-state index in [1.165, 1.54) is 6.42 Å². The molecule has 0 saturated heterocycles. The van der Waals surface area contributed by atoms with Crippen molar-refractivity contribution in [1.29, 1.82) is 0 Å². The molecule has 0 aromatic heterocycles. The molecule has 6 heteroatoms. The first kappa shape index (κ1) is 22.1. The van der Waals surface area contributed by atoms with Gasteiger partial charge in [0.15, 0.2) is 0 Å². The first-order valence-electron chi connectivity index (χ1n) is 10.0. The number of aliphatic hydroxyl groups is 1. The van der Waals surface area contributed by atoms with Crippen LogP contribution in [0.1, 0.15) is 62.2 Å². The van der Waals surface area contributed by atoms with Crippen molar-refractivity contribution in [1.82, 2.24) is 10.2 Å². The van der Waals surface area contributed by atoms with E-state index in [2.05, 4.69) is 34.8 Å². The second kappa shape index (κ2) is 11.6. The van der Waals surface area contributed by atoms with Gasteiger partial charge in [-0.2, -0.15) is 0 Å². The van der Waals surface area contributed by atoms with Crippen molar-refractivity contribution in [3.63, 3.8) is 0 Å². The van der Waals surface area contributed by atoms with Crippen molar-refractivity contribution in [3.8, 4) is 0 Å². The van der Waals surface area contributed by atoms with E-state index in [0.29, 0.717) is 12.1 Å². The lowest BCUT2D eigenvalue weighted by Gasteiger charge is -2.37. The van der Waals surface area contributed by atoms with Crippen LogP contribution in [-0.4, -0.2) is 47.6 Å². The number of hydrogen-bond donors (Lipinski definition) is 2. The highest BCUT2D eigenvalue weighted by Crippen LogP contribution is 2.30. The van der Waals surface area contributed by atoms with E-state index in [0.717, 1.165) is 42.1 Å². The SMILES string of the molecule is CCCCNC(=O)C(C1CCCCC1)N(CCO)C(=O)c1ccccc1I. The molecule has 1 aromatic rings. The minimum atomic E-state index is -0.516. The fraction of sp³-hybridized carbons (Fsp3) is 0.619. The van der Waals surface area contributed by atoms with Gasteiger partial charge in [-0.1, -0.05) is 44.7 Å². The van der Waals surface area contributed by atoms with Gasteiger partial charge >= 0.3 is 0 Å². The van der Waals surface area contributed by atoms with Gasteiger partial charge in [-0.15, -0.1) is 0 Å². The van der Waals surface area contributed by atoms with Gasteiger partial charge in [0.2, 0.25) is 5.91 Å². The van der Waals surface area contributed by atoms with E-state index in [-0.39, 0.29) is 30.9 Å². The van der Waals surface area contributed by atoms with Crippen LogP contribution in [-0.2, 0) is 4.79 Å². The van der Waals surface area contributed by atoms with Gasteiger partial charge in [0.1, 0.15) is 6.04 Å². The van der Waals surface area contributed by atoms with Gasteiger partial charge in [-0.3, -0.25) is 9.59 Å². The minimum absolute atomic E-state index is 0.0805. The average molecular weight is 486 g/mol. The van der Waals surface area contributed by atoms with Gasteiger partial charge in [0, 0.05) is 16.7 Å². The average Bonchev–Trinajstić information content (AvgIpc) is 2.68. The highest BCUT2D eigenvalue weighted by Gasteiger charge is 2.37. The molecule has 0 aliphatic heterocycles. The molecule has 0 radical (unpaired) electrons. The van der Waals surface area contributed by atoms with Gasteiger partial charge in [0.25, 0.3) is 5.91 Å². The summed E-state index contributed by atoms with van der Waals surface area (Å²) in [5.41, 5.74) is 0.591. The maximum Gasteiger partial charge on any atom is 0.255 e. The number of amides is 2. The predicted molar refractivity (Wildman–Crippen MR) is 116 cm³/mol. The second-order valence-corrected chi connectivity index (χ2v) is 8.35. The summed E-state index contributed by atoms with van der Waals surface area (Å²) in [6.45, 7) is 2.74. The fourth-order valence-corrected chi connectivity index (χ4v) is 4.44. The molecule has 0 spiro atoms. The van der Waals surface area contributed by atoms with Crippen LogP contribution in [0, 0.1) is 9.49 Å². The second-order valence-electron chi connectivity index (χ2n) is 7.19. The molecule has 1 aliphatic carbocycles. The molecule has 5 nitrogen and oxygen atoms in total. The van der Waals surface area contributed by atoms with Crippen molar-refractivity contribution < 1.29 is 14.7 Å². The van der Waals surface area contributed by atoms with Crippen LogP contribution in [0.2, 0.25) is 0 Å². The van der Waals surface area contributed by atoms with Crippen LogP contribution in [0.25, 0.3) is 0 Å². The Kier molecular flexibility index (Phi) is 9.54. The molecule has 2 rings (SSSR count). The van der Waals surface area contributed by atoms with Crippen LogP contribution in [0.3, 0.4) is 0 Å². The van der Waals surface area contributed by atoms with Gasteiger partial charge in [-0.05, 0) is 59.9 Å². The van der Waals surface area contributed by atoms with Crippen LogP contribution in [0.4, 0.5) is 0 Å². The topological polar surface area (TPSA) is 69.6 Å². The Morgan fingerprint density at radius 3 is 2.59 bits per heavy atom. The number of nitrogens with one attached hydrogen (secondary N) is 1. The first-order valence-corrected chi connectivity index (χ1v) is 11.1. The molecule has 1 unspecified atom stereocenters. The standard InChI is InChI=1S/C21H31IN2O3/c1-2-3-13-23-20(26)19(16-9-5-4-6-10-16)24(14-15-25)21(27)17-11-7-8-12-18(17)22/h7-8,11-12,16,19,25H,2-6,9-10,13-15H2,1H3,(H,23,26). The lowest BCUT2D eigenvalue weighted by atomic mass is 9.82. The molecule has 1 aromatic carbocycles. The summed E-state index contributed by atoms with van der Waals surface area (Å²) >= 11 is 2.15. The number of halogens is 1. The third-order valence-corrected chi connectivity index (χ3v) is 6.18. The van der Waals surface area contributed by atoms with E-state index in [1.807, 2.05) is 18.2 Å². The number of benzene rings is 1. The smallest absolute Gasteiger partial charge is 0.255 e. The van der Waals surface area contributed by atoms with E-state index in [4.69, 9.17) is 0 Å². The van der Waals surface area contributed by atoms with E-state index < -0.39 is 6.04 Å². The van der Waals surface area contributed by atoms with Gasteiger partial charge in [-0.25, -0.2) is 0 Å². The number of hydrogen-bond acceptors (Lipinski definition) is 3. The number of unbranched alkanes of at least 4 members (excludes halogenated alkanes) is 1. The van der Waals surface area contributed by atoms with Gasteiger partial charge in [0.05, 0.1) is 12.2 Å². The monoisotopic (exact) mass is 486 g/mol. The zero-order valence-electron chi connectivity index (χ0n) is 16.1. The van der Waals surface area contributed by atoms with Crippen LogP contribution < -0.4 is 5.32 Å². The number of aliphatic hydroxyl groups excluding tert-OH is 1. The molecule has 150 valence electrons. The molecule has 1 fully saturated rings. The molecular formula is C21H31IN2O3. The molecule has 27 heavy (non-hydrogen) atoms. The third-order valence-electron chi connectivity index (χ3n) is 5.24. The Bertz CT molecular complexity index is 617. The number of carbonyl (C=O) groups is 2. The fourth-order valence-electron chi connectivity index (χ4n) is 3.82. The Balaban J connectivity index is 2.30. The van der Waals surface area contributed by atoms with Crippen LogP contribution in [0.5, 0.6) is 0 Å². The molecule has 0 bridgehead atoms. The zero-order chi connectivity index (χ0) is 19.6. The normalized spacial score (nSPS) is 16.0. The first-order chi connectivity index (χ1) is 13.1. The molecule has 1 aliphatic rings. The van der Waals surface area contributed by atoms with Crippen molar-refractivity contribution in [3.05, 3.63) is 33.4 Å². The summed E-state index contributed by atoms with van der Waals surface area (Å²) in [5, 5.41) is 12.6. The zero-order valence-corrected chi connectivity index (χ0v) is 18.3. The summed E-state index contributed by atoms with van der Waals surface area (Å²) in [7, 11) is 0. The number of carbonyl (C=O) groups excluding carboxylic acids is 2. The number of rotatable bonds is 9. The Morgan fingerprint density at radius 1 is 1.26 bits per heavy atom. The predicted octanol–water partition coefficient (Wildman–Crippen LogP) is 3.59. The van der Waals surface area contributed by atoms with E-state index >= 15 is 0 Å². The molecule has 2 amide bonds. The van der Waals surface area contributed by atoms with Crippen molar-refractivity contribution in [2.75, 3.05) is 19.7 Å². The highest BCUT2D eigenvalue weighted by molar-refractivity contribution is 14.1. The Morgan fingerprint density at radius 2 is 1.96 bits per heavy atom.